The maximum atomic E-state index is 12.7. The van der Waals surface area contributed by atoms with Gasteiger partial charge in [-0.3, -0.25) is 4.79 Å². The minimum absolute atomic E-state index is 0.00305. The van der Waals surface area contributed by atoms with Crippen LogP contribution in [0.25, 0.3) is 0 Å². The number of aliphatic hydroxyl groups is 1. The molecule has 0 aliphatic heterocycles. The van der Waals surface area contributed by atoms with Crippen LogP contribution in [0.2, 0.25) is 0 Å². The first-order chi connectivity index (χ1) is 15.3. The molecule has 9 nitrogen and oxygen atoms in total. The van der Waals surface area contributed by atoms with Crippen molar-refractivity contribution >= 4 is 18.0 Å². The number of ether oxygens (including phenoxy) is 3. The van der Waals surface area contributed by atoms with Crippen molar-refractivity contribution in [3.8, 4) is 5.75 Å². The lowest BCUT2D eigenvalue weighted by molar-refractivity contribution is -0.145. The van der Waals surface area contributed by atoms with E-state index in [1.54, 1.807) is 55.6 Å². The van der Waals surface area contributed by atoms with E-state index in [1.807, 2.05) is 6.07 Å². The maximum absolute atomic E-state index is 12.7. The molecule has 3 N–H and O–H groups in total. The molecule has 172 valence electrons. The van der Waals surface area contributed by atoms with Crippen molar-refractivity contribution in [2.24, 2.45) is 0 Å². The van der Waals surface area contributed by atoms with Gasteiger partial charge in [0.1, 0.15) is 24.4 Å². The molecule has 0 heterocycles. The standard InChI is InChI=1S/C23H28N2O7/c1-15(26)20(25-23(29)32-14-17-7-5-4-6-8-17)21(27)24-19(22(28)31-3)13-16-9-11-18(30-2)12-10-16/h4-12,15,19-20,26H,13-14H2,1-3H3,(H,24,27)(H,25,29)/t15-,19+,20+/m1/s1. The summed E-state index contributed by atoms with van der Waals surface area (Å²) in [5.74, 6) is -0.759. The molecular formula is C23H28N2O7. The fourth-order valence-corrected chi connectivity index (χ4v) is 2.89. The minimum atomic E-state index is -1.33. The van der Waals surface area contributed by atoms with Crippen molar-refractivity contribution in [3.05, 3.63) is 65.7 Å². The van der Waals surface area contributed by atoms with E-state index < -0.39 is 36.2 Å². The van der Waals surface area contributed by atoms with Crippen LogP contribution in [0.4, 0.5) is 4.79 Å². The summed E-state index contributed by atoms with van der Waals surface area (Å²) in [6, 6.07) is 13.6. The number of methoxy groups -OCH3 is 2. The SMILES string of the molecule is COC(=O)[C@H](Cc1ccc(OC)cc1)NC(=O)[C@@H](NC(=O)OCc1ccccc1)[C@@H](C)O. The van der Waals surface area contributed by atoms with Crippen molar-refractivity contribution < 1.29 is 33.7 Å². The second-order valence-electron chi connectivity index (χ2n) is 7.06. The zero-order valence-electron chi connectivity index (χ0n) is 18.2. The Balaban J connectivity index is 2.01. The Morgan fingerprint density at radius 3 is 2.16 bits per heavy atom. The number of benzene rings is 2. The summed E-state index contributed by atoms with van der Waals surface area (Å²) in [6.45, 7) is 1.35. The van der Waals surface area contributed by atoms with Gasteiger partial charge in [-0.15, -0.1) is 0 Å². The Hall–Kier alpha value is -3.59. The van der Waals surface area contributed by atoms with Gasteiger partial charge in [0.15, 0.2) is 0 Å². The van der Waals surface area contributed by atoms with Crippen LogP contribution < -0.4 is 15.4 Å². The molecule has 0 saturated heterocycles. The average Bonchev–Trinajstić information content (AvgIpc) is 2.81. The summed E-state index contributed by atoms with van der Waals surface area (Å²) in [5, 5.41) is 14.9. The highest BCUT2D eigenvalue weighted by Crippen LogP contribution is 2.13. The molecule has 0 spiro atoms. The molecule has 2 aromatic carbocycles. The van der Waals surface area contributed by atoms with Gasteiger partial charge in [0.2, 0.25) is 5.91 Å². The molecule has 3 atom stereocenters. The number of nitrogens with one attached hydrogen (secondary N) is 2. The summed E-state index contributed by atoms with van der Waals surface area (Å²) in [6.07, 6.45) is -1.97. The van der Waals surface area contributed by atoms with Gasteiger partial charge in [-0.1, -0.05) is 42.5 Å². The number of carbonyl (C=O) groups excluding carboxylic acids is 3. The third kappa shape index (κ3) is 7.59. The predicted octanol–water partition coefficient (Wildman–Crippen LogP) is 1.57. The fourth-order valence-electron chi connectivity index (χ4n) is 2.89. The summed E-state index contributed by atoms with van der Waals surface area (Å²) < 4.78 is 15.0. The molecule has 0 aromatic heterocycles. The zero-order chi connectivity index (χ0) is 23.5. The number of hydrogen-bond donors (Lipinski definition) is 3. The first kappa shape index (κ1) is 24.7. The van der Waals surface area contributed by atoms with Crippen LogP contribution in [-0.4, -0.2) is 55.5 Å². The van der Waals surface area contributed by atoms with Crippen molar-refractivity contribution in [2.45, 2.75) is 38.1 Å². The summed E-state index contributed by atoms with van der Waals surface area (Å²) >= 11 is 0. The van der Waals surface area contributed by atoms with Crippen LogP contribution in [-0.2, 0) is 32.1 Å². The summed E-state index contributed by atoms with van der Waals surface area (Å²) in [7, 11) is 2.75. The molecule has 2 amide bonds. The molecule has 32 heavy (non-hydrogen) atoms. The molecule has 2 rings (SSSR count). The van der Waals surface area contributed by atoms with E-state index in [0.29, 0.717) is 5.75 Å². The minimum Gasteiger partial charge on any atom is -0.497 e. The second kappa shape index (κ2) is 12.3. The molecule has 0 unspecified atom stereocenters. The predicted molar refractivity (Wildman–Crippen MR) is 116 cm³/mol. The van der Waals surface area contributed by atoms with Crippen molar-refractivity contribution in [2.75, 3.05) is 14.2 Å². The van der Waals surface area contributed by atoms with Gasteiger partial charge >= 0.3 is 12.1 Å². The highest BCUT2D eigenvalue weighted by molar-refractivity contribution is 5.90. The summed E-state index contributed by atoms with van der Waals surface area (Å²) in [5.41, 5.74) is 1.52. The number of alkyl carbamates (subject to hydrolysis) is 1. The normalized spacial score (nSPS) is 13.2. The second-order valence-corrected chi connectivity index (χ2v) is 7.06. The van der Waals surface area contributed by atoms with Gasteiger partial charge in [-0.05, 0) is 30.2 Å². The first-order valence-electron chi connectivity index (χ1n) is 10.0. The Morgan fingerprint density at radius 2 is 1.59 bits per heavy atom. The van der Waals surface area contributed by atoms with E-state index in [2.05, 4.69) is 10.6 Å². The third-order valence-corrected chi connectivity index (χ3v) is 4.65. The monoisotopic (exact) mass is 444 g/mol. The maximum Gasteiger partial charge on any atom is 0.408 e. The third-order valence-electron chi connectivity index (χ3n) is 4.65. The van der Waals surface area contributed by atoms with Gasteiger partial charge in [-0.25, -0.2) is 9.59 Å². The van der Waals surface area contributed by atoms with Crippen LogP contribution in [0, 0.1) is 0 Å². The van der Waals surface area contributed by atoms with Crippen molar-refractivity contribution in [1.82, 2.24) is 10.6 Å². The summed E-state index contributed by atoms with van der Waals surface area (Å²) in [4.78, 5) is 37.1. The molecule has 0 radical (unpaired) electrons. The molecule has 0 aliphatic carbocycles. The number of esters is 1. The molecule has 0 aliphatic rings. The lowest BCUT2D eigenvalue weighted by Crippen LogP contribution is -2.56. The molecule has 2 aromatic rings. The van der Waals surface area contributed by atoms with Crippen LogP contribution in [0.5, 0.6) is 5.75 Å². The van der Waals surface area contributed by atoms with E-state index >= 15 is 0 Å². The molecule has 0 bridgehead atoms. The Morgan fingerprint density at radius 1 is 0.938 bits per heavy atom. The quantitative estimate of drug-likeness (QED) is 0.475. The first-order valence-corrected chi connectivity index (χ1v) is 10.0. The van der Waals surface area contributed by atoms with Gasteiger partial charge in [0, 0.05) is 6.42 Å². The Bertz CT molecular complexity index is 885. The van der Waals surface area contributed by atoms with Crippen LogP contribution in [0.3, 0.4) is 0 Å². The zero-order valence-corrected chi connectivity index (χ0v) is 18.2. The number of rotatable bonds is 10. The average molecular weight is 444 g/mol. The van der Waals surface area contributed by atoms with E-state index in [4.69, 9.17) is 14.2 Å². The van der Waals surface area contributed by atoms with Gasteiger partial charge in [-0.2, -0.15) is 0 Å². The van der Waals surface area contributed by atoms with E-state index in [-0.39, 0.29) is 13.0 Å². The topological polar surface area (TPSA) is 123 Å². The molecule has 9 heteroatoms. The van der Waals surface area contributed by atoms with Crippen LogP contribution in [0.15, 0.2) is 54.6 Å². The molecular weight excluding hydrogens is 416 g/mol. The number of carbonyl (C=O) groups is 3. The lowest BCUT2D eigenvalue weighted by atomic mass is 10.0. The number of amides is 2. The number of aliphatic hydroxyl groups excluding tert-OH is 1. The van der Waals surface area contributed by atoms with Gasteiger partial charge < -0.3 is 30.0 Å². The fraction of sp³-hybridized carbons (Fsp3) is 0.348. The van der Waals surface area contributed by atoms with Crippen molar-refractivity contribution in [1.29, 1.82) is 0 Å². The number of hydrogen-bond acceptors (Lipinski definition) is 7. The van der Waals surface area contributed by atoms with Crippen LogP contribution in [0.1, 0.15) is 18.1 Å². The Kier molecular flexibility index (Phi) is 9.49. The lowest BCUT2D eigenvalue weighted by Gasteiger charge is -2.24. The molecule has 0 fully saturated rings. The van der Waals surface area contributed by atoms with Gasteiger partial charge in [0.05, 0.1) is 20.3 Å². The highest BCUT2D eigenvalue weighted by atomic mass is 16.5. The van der Waals surface area contributed by atoms with Crippen molar-refractivity contribution in [3.63, 3.8) is 0 Å². The smallest absolute Gasteiger partial charge is 0.408 e. The molecule has 0 saturated carbocycles. The van der Waals surface area contributed by atoms with E-state index in [9.17, 15) is 19.5 Å². The van der Waals surface area contributed by atoms with Crippen LogP contribution >= 0.6 is 0 Å². The largest absolute Gasteiger partial charge is 0.497 e. The Labute approximate surface area is 186 Å². The highest BCUT2D eigenvalue weighted by Gasteiger charge is 2.30. The van der Waals surface area contributed by atoms with E-state index in [0.717, 1.165) is 11.1 Å². The van der Waals surface area contributed by atoms with E-state index in [1.165, 1.54) is 14.0 Å². The van der Waals surface area contributed by atoms with Gasteiger partial charge in [0.25, 0.3) is 0 Å².